The molecule has 0 aliphatic heterocycles. The molecule has 0 aromatic heterocycles. The van der Waals surface area contributed by atoms with E-state index in [0.717, 1.165) is 17.5 Å². The van der Waals surface area contributed by atoms with Crippen molar-refractivity contribution >= 4 is 11.9 Å². The van der Waals surface area contributed by atoms with E-state index in [0.29, 0.717) is 0 Å². The standard InChI is InChI=1S/C14H18O4/c1-3-10-6-4-5-7-11(10)9(2)12(14(17)18)8-13(15)16/h4-7,9,12H,3,8H2,1-2H3,(H,15,16)(H,17,18). The Hall–Kier alpha value is -1.84. The molecule has 1 aromatic carbocycles. The second-order valence-corrected chi connectivity index (χ2v) is 4.38. The molecule has 0 amide bonds. The molecular weight excluding hydrogens is 232 g/mol. The molecule has 98 valence electrons. The van der Waals surface area contributed by atoms with E-state index in [4.69, 9.17) is 10.2 Å². The molecule has 0 saturated heterocycles. The summed E-state index contributed by atoms with van der Waals surface area (Å²) < 4.78 is 0. The minimum absolute atomic E-state index is 0.310. The van der Waals surface area contributed by atoms with Crippen molar-refractivity contribution in [1.29, 1.82) is 0 Å². The molecule has 0 saturated carbocycles. The van der Waals surface area contributed by atoms with Gasteiger partial charge in [-0.1, -0.05) is 38.1 Å². The summed E-state index contributed by atoms with van der Waals surface area (Å²) in [6.45, 7) is 3.77. The van der Waals surface area contributed by atoms with Gasteiger partial charge in [0.2, 0.25) is 0 Å². The molecule has 2 N–H and O–H groups in total. The van der Waals surface area contributed by atoms with Crippen molar-refractivity contribution in [3.8, 4) is 0 Å². The fraction of sp³-hybridized carbons (Fsp3) is 0.429. The van der Waals surface area contributed by atoms with Gasteiger partial charge in [0.15, 0.2) is 0 Å². The highest BCUT2D eigenvalue weighted by atomic mass is 16.4. The van der Waals surface area contributed by atoms with Gasteiger partial charge in [0.25, 0.3) is 0 Å². The number of hydrogen-bond acceptors (Lipinski definition) is 2. The van der Waals surface area contributed by atoms with Gasteiger partial charge in [0, 0.05) is 0 Å². The Kier molecular flexibility index (Phi) is 4.89. The lowest BCUT2D eigenvalue weighted by Crippen LogP contribution is -2.24. The molecule has 0 aliphatic carbocycles. The van der Waals surface area contributed by atoms with E-state index in [1.54, 1.807) is 6.92 Å². The molecule has 1 aromatic rings. The number of aliphatic carboxylic acids is 2. The molecule has 2 atom stereocenters. The second-order valence-electron chi connectivity index (χ2n) is 4.38. The smallest absolute Gasteiger partial charge is 0.307 e. The Bertz CT molecular complexity index is 439. The average molecular weight is 250 g/mol. The van der Waals surface area contributed by atoms with E-state index < -0.39 is 17.9 Å². The number of rotatable bonds is 6. The predicted molar refractivity (Wildman–Crippen MR) is 67.6 cm³/mol. The highest BCUT2D eigenvalue weighted by molar-refractivity contribution is 5.78. The maximum absolute atomic E-state index is 11.2. The van der Waals surface area contributed by atoms with E-state index >= 15 is 0 Å². The summed E-state index contributed by atoms with van der Waals surface area (Å²) in [5, 5.41) is 17.9. The molecular formula is C14H18O4. The normalized spacial score (nSPS) is 13.9. The molecule has 1 rings (SSSR count). The number of hydrogen-bond donors (Lipinski definition) is 2. The van der Waals surface area contributed by atoms with Gasteiger partial charge in [0.1, 0.15) is 0 Å². The predicted octanol–water partition coefficient (Wildman–Crippen LogP) is 2.53. The van der Waals surface area contributed by atoms with Crippen molar-refractivity contribution in [3.05, 3.63) is 35.4 Å². The van der Waals surface area contributed by atoms with E-state index in [-0.39, 0.29) is 12.3 Å². The summed E-state index contributed by atoms with van der Waals surface area (Å²) in [5.74, 6) is -3.34. The summed E-state index contributed by atoms with van der Waals surface area (Å²) >= 11 is 0. The Morgan fingerprint density at radius 1 is 1.22 bits per heavy atom. The van der Waals surface area contributed by atoms with Crippen LogP contribution in [0, 0.1) is 5.92 Å². The van der Waals surface area contributed by atoms with E-state index in [2.05, 4.69) is 0 Å². The van der Waals surface area contributed by atoms with Crippen LogP contribution in [0.1, 0.15) is 37.3 Å². The van der Waals surface area contributed by atoms with Gasteiger partial charge in [-0.15, -0.1) is 0 Å². The summed E-state index contributed by atoms with van der Waals surface area (Å²) in [6.07, 6.45) is 0.453. The second kappa shape index (κ2) is 6.19. The first-order chi connectivity index (χ1) is 8.47. The third-order valence-corrected chi connectivity index (χ3v) is 3.24. The summed E-state index contributed by atoms with van der Waals surface area (Å²) in [6, 6.07) is 7.58. The third kappa shape index (κ3) is 3.32. The molecule has 0 bridgehead atoms. The average Bonchev–Trinajstić information content (AvgIpc) is 2.34. The molecule has 0 radical (unpaired) electrons. The number of benzene rings is 1. The van der Waals surface area contributed by atoms with Gasteiger partial charge in [-0.05, 0) is 23.5 Å². The van der Waals surface area contributed by atoms with Crippen LogP contribution in [0.2, 0.25) is 0 Å². The number of carboxylic acid groups (broad SMARTS) is 2. The zero-order valence-electron chi connectivity index (χ0n) is 10.6. The van der Waals surface area contributed by atoms with E-state index in [1.165, 1.54) is 0 Å². The van der Waals surface area contributed by atoms with Gasteiger partial charge >= 0.3 is 11.9 Å². The van der Waals surface area contributed by atoms with Crippen molar-refractivity contribution in [3.63, 3.8) is 0 Å². The first kappa shape index (κ1) is 14.2. The monoisotopic (exact) mass is 250 g/mol. The van der Waals surface area contributed by atoms with Crippen LogP contribution in [0.5, 0.6) is 0 Å². The van der Waals surface area contributed by atoms with Crippen LogP contribution in [0.3, 0.4) is 0 Å². The van der Waals surface area contributed by atoms with Gasteiger partial charge in [-0.25, -0.2) is 0 Å². The maximum atomic E-state index is 11.2. The van der Waals surface area contributed by atoms with Crippen LogP contribution in [-0.4, -0.2) is 22.2 Å². The van der Waals surface area contributed by atoms with Crippen molar-refractivity contribution in [2.75, 3.05) is 0 Å². The van der Waals surface area contributed by atoms with Crippen molar-refractivity contribution in [1.82, 2.24) is 0 Å². The highest BCUT2D eigenvalue weighted by Gasteiger charge is 2.29. The Morgan fingerprint density at radius 3 is 2.33 bits per heavy atom. The van der Waals surface area contributed by atoms with Crippen LogP contribution in [0.25, 0.3) is 0 Å². The summed E-state index contributed by atoms with van der Waals surface area (Å²) in [4.78, 5) is 21.9. The molecule has 4 nitrogen and oxygen atoms in total. The molecule has 4 heteroatoms. The maximum Gasteiger partial charge on any atom is 0.307 e. The number of carbonyl (C=O) groups is 2. The van der Waals surface area contributed by atoms with Gasteiger partial charge in [0.05, 0.1) is 12.3 Å². The van der Waals surface area contributed by atoms with Crippen LogP contribution < -0.4 is 0 Å². The first-order valence-electron chi connectivity index (χ1n) is 5.99. The Morgan fingerprint density at radius 2 is 1.83 bits per heavy atom. The molecule has 0 heterocycles. The molecule has 18 heavy (non-hydrogen) atoms. The molecule has 0 aliphatic rings. The highest BCUT2D eigenvalue weighted by Crippen LogP contribution is 2.29. The van der Waals surface area contributed by atoms with E-state index in [1.807, 2.05) is 31.2 Å². The first-order valence-corrected chi connectivity index (χ1v) is 5.99. The van der Waals surface area contributed by atoms with Gasteiger partial charge in [-0.2, -0.15) is 0 Å². The zero-order chi connectivity index (χ0) is 13.7. The Balaban J connectivity index is 3.05. The van der Waals surface area contributed by atoms with Crippen LogP contribution in [-0.2, 0) is 16.0 Å². The van der Waals surface area contributed by atoms with Crippen molar-refractivity contribution in [2.45, 2.75) is 32.6 Å². The molecule has 0 fully saturated rings. The lowest BCUT2D eigenvalue weighted by atomic mass is 9.83. The lowest BCUT2D eigenvalue weighted by Gasteiger charge is -2.21. The van der Waals surface area contributed by atoms with Gasteiger partial charge in [-0.3, -0.25) is 9.59 Å². The third-order valence-electron chi connectivity index (χ3n) is 3.24. The summed E-state index contributed by atoms with van der Waals surface area (Å²) in [5.41, 5.74) is 2.00. The Labute approximate surface area is 106 Å². The zero-order valence-corrected chi connectivity index (χ0v) is 10.6. The lowest BCUT2D eigenvalue weighted by molar-refractivity contribution is -0.149. The number of carboxylic acids is 2. The van der Waals surface area contributed by atoms with Crippen LogP contribution in [0.4, 0.5) is 0 Å². The fourth-order valence-electron chi connectivity index (χ4n) is 2.18. The number of aryl methyl sites for hydroxylation is 1. The van der Waals surface area contributed by atoms with Crippen LogP contribution >= 0.6 is 0 Å². The van der Waals surface area contributed by atoms with Crippen LogP contribution in [0.15, 0.2) is 24.3 Å². The van der Waals surface area contributed by atoms with Gasteiger partial charge < -0.3 is 10.2 Å². The molecule has 0 spiro atoms. The topological polar surface area (TPSA) is 74.6 Å². The van der Waals surface area contributed by atoms with Crippen molar-refractivity contribution in [2.24, 2.45) is 5.92 Å². The minimum Gasteiger partial charge on any atom is -0.481 e. The minimum atomic E-state index is -1.08. The fourth-order valence-corrected chi connectivity index (χ4v) is 2.18. The van der Waals surface area contributed by atoms with E-state index in [9.17, 15) is 9.59 Å². The SMILES string of the molecule is CCc1ccccc1C(C)C(CC(=O)O)C(=O)O. The quantitative estimate of drug-likeness (QED) is 0.813. The van der Waals surface area contributed by atoms with Crippen molar-refractivity contribution < 1.29 is 19.8 Å². The molecule has 2 unspecified atom stereocenters. The largest absolute Gasteiger partial charge is 0.481 e. The summed E-state index contributed by atoms with van der Waals surface area (Å²) in [7, 11) is 0.